The van der Waals surface area contributed by atoms with Crippen molar-refractivity contribution in [3.05, 3.63) is 4.88 Å². The van der Waals surface area contributed by atoms with E-state index in [1.54, 1.807) is 25.4 Å². The minimum atomic E-state index is -0.294. The summed E-state index contributed by atoms with van der Waals surface area (Å²) in [5, 5.41) is 0.888. The minimum Gasteiger partial charge on any atom is -0.480 e. The van der Waals surface area contributed by atoms with Gasteiger partial charge in [0.05, 0.1) is 17.4 Å². The summed E-state index contributed by atoms with van der Waals surface area (Å²) < 4.78 is 5.27. The second-order valence-electron chi connectivity index (χ2n) is 4.37. The number of anilines is 1. The summed E-state index contributed by atoms with van der Waals surface area (Å²) in [6.45, 7) is 1.65. The number of hydrogen-bond donors (Lipinski definition) is 0. The van der Waals surface area contributed by atoms with Crippen molar-refractivity contribution in [2.45, 2.75) is 25.2 Å². The Balaban J connectivity index is 2.44. The molecule has 1 saturated carbocycles. The SMILES string of the molecule is COc1nc(N(C)C)sc1C1(C(C)=O)CC1. The van der Waals surface area contributed by atoms with Gasteiger partial charge in [0.1, 0.15) is 5.78 Å². The molecule has 0 radical (unpaired) electrons. The van der Waals surface area contributed by atoms with Crippen molar-refractivity contribution in [2.24, 2.45) is 0 Å². The number of nitrogens with zero attached hydrogens (tertiary/aromatic N) is 2. The maximum absolute atomic E-state index is 11.7. The Morgan fingerprint density at radius 2 is 2.12 bits per heavy atom. The molecule has 1 aliphatic rings. The second kappa shape index (κ2) is 3.73. The lowest BCUT2D eigenvalue weighted by molar-refractivity contribution is -0.119. The number of thiazole rings is 1. The second-order valence-corrected chi connectivity index (χ2v) is 5.35. The van der Waals surface area contributed by atoms with Crippen LogP contribution in [0.3, 0.4) is 0 Å². The molecule has 1 aromatic heterocycles. The lowest BCUT2D eigenvalue weighted by Crippen LogP contribution is -2.16. The molecule has 0 unspecified atom stereocenters. The molecule has 1 heterocycles. The highest BCUT2D eigenvalue weighted by Gasteiger charge is 2.52. The average molecular weight is 240 g/mol. The number of ether oxygens (including phenoxy) is 1. The first kappa shape index (κ1) is 11.4. The zero-order chi connectivity index (χ0) is 11.9. The average Bonchev–Trinajstić information content (AvgIpc) is 2.92. The van der Waals surface area contributed by atoms with Gasteiger partial charge in [-0.25, -0.2) is 0 Å². The summed E-state index contributed by atoms with van der Waals surface area (Å²) in [5.74, 6) is 0.834. The molecular formula is C11H16N2O2S. The fourth-order valence-electron chi connectivity index (χ4n) is 1.79. The standard InChI is InChI=1S/C11H16N2O2S/c1-7(14)11(5-6-11)8-9(15-4)12-10(16-8)13(2)3/h5-6H2,1-4H3. The van der Waals surface area contributed by atoms with Gasteiger partial charge in [-0.05, 0) is 19.8 Å². The van der Waals surface area contributed by atoms with Crippen molar-refractivity contribution >= 4 is 22.3 Å². The van der Waals surface area contributed by atoms with Crippen LogP contribution >= 0.6 is 11.3 Å². The summed E-state index contributed by atoms with van der Waals surface area (Å²) in [4.78, 5) is 19.0. The normalized spacial score (nSPS) is 17.0. The third kappa shape index (κ3) is 1.59. The highest BCUT2D eigenvalue weighted by molar-refractivity contribution is 7.16. The van der Waals surface area contributed by atoms with E-state index in [4.69, 9.17) is 4.74 Å². The predicted octanol–water partition coefficient (Wildman–Crippen LogP) is 1.84. The summed E-state index contributed by atoms with van der Waals surface area (Å²) >= 11 is 1.56. The molecule has 1 fully saturated rings. The summed E-state index contributed by atoms with van der Waals surface area (Å²) in [5.41, 5.74) is -0.294. The molecule has 0 aliphatic heterocycles. The molecule has 0 saturated heterocycles. The van der Waals surface area contributed by atoms with Gasteiger partial charge in [0.25, 0.3) is 0 Å². The molecular weight excluding hydrogens is 224 g/mol. The fraction of sp³-hybridized carbons (Fsp3) is 0.636. The van der Waals surface area contributed by atoms with Crippen molar-refractivity contribution < 1.29 is 9.53 Å². The zero-order valence-corrected chi connectivity index (χ0v) is 10.8. The van der Waals surface area contributed by atoms with Crippen molar-refractivity contribution in [3.63, 3.8) is 0 Å². The lowest BCUT2D eigenvalue weighted by atomic mass is 10.0. The van der Waals surface area contributed by atoms with Gasteiger partial charge in [-0.3, -0.25) is 4.79 Å². The molecule has 0 spiro atoms. The van der Waals surface area contributed by atoms with Crippen LogP contribution in [0.5, 0.6) is 5.88 Å². The van der Waals surface area contributed by atoms with Gasteiger partial charge in [-0.15, -0.1) is 0 Å². The molecule has 2 rings (SSSR count). The molecule has 16 heavy (non-hydrogen) atoms. The van der Waals surface area contributed by atoms with Gasteiger partial charge >= 0.3 is 0 Å². The first-order chi connectivity index (χ1) is 7.51. The third-order valence-corrected chi connectivity index (χ3v) is 4.43. The first-order valence-corrected chi connectivity index (χ1v) is 6.06. The van der Waals surface area contributed by atoms with Crippen LogP contribution in [0.4, 0.5) is 5.13 Å². The van der Waals surface area contributed by atoms with Gasteiger partial charge < -0.3 is 9.64 Å². The van der Waals surface area contributed by atoms with E-state index in [0.29, 0.717) is 5.88 Å². The van der Waals surface area contributed by atoms with Crippen molar-refractivity contribution in [2.75, 3.05) is 26.1 Å². The summed E-state index contributed by atoms with van der Waals surface area (Å²) in [7, 11) is 5.49. The number of carbonyl (C=O) groups is 1. The molecule has 4 nitrogen and oxygen atoms in total. The van der Waals surface area contributed by atoms with E-state index >= 15 is 0 Å². The molecule has 1 aromatic rings. The largest absolute Gasteiger partial charge is 0.480 e. The predicted molar refractivity (Wildman–Crippen MR) is 64.6 cm³/mol. The topological polar surface area (TPSA) is 42.4 Å². The molecule has 0 bridgehead atoms. The molecule has 5 heteroatoms. The van der Waals surface area contributed by atoms with Crippen LogP contribution in [0.1, 0.15) is 24.6 Å². The van der Waals surface area contributed by atoms with Gasteiger partial charge in [0, 0.05) is 14.1 Å². The zero-order valence-electron chi connectivity index (χ0n) is 10.0. The van der Waals surface area contributed by atoms with Crippen LogP contribution in [0, 0.1) is 0 Å². The van der Waals surface area contributed by atoms with E-state index in [-0.39, 0.29) is 11.2 Å². The number of methoxy groups -OCH3 is 1. The number of ketones is 1. The van der Waals surface area contributed by atoms with Crippen LogP contribution < -0.4 is 9.64 Å². The molecule has 0 amide bonds. The Bertz CT molecular complexity index is 422. The van der Waals surface area contributed by atoms with Gasteiger partial charge in [0.15, 0.2) is 5.13 Å². The van der Waals surface area contributed by atoms with Crippen molar-refractivity contribution in [1.82, 2.24) is 4.98 Å². The van der Waals surface area contributed by atoms with Gasteiger partial charge in [-0.1, -0.05) is 11.3 Å². The Hall–Kier alpha value is -1.10. The van der Waals surface area contributed by atoms with Crippen LogP contribution in [-0.2, 0) is 10.2 Å². The van der Waals surface area contributed by atoms with E-state index in [9.17, 15) is 4.79 Å². The molecule has 0 N–H and O–H groups in total. The molecule has 88 valence electrons. The summed E-state index contributed by atoms with van der Waals surface area (Å²) in [6, 6.07) is 0. The Morgan fingerprint density at radius 1 is 1.50 bits per heavy atom. The van der Waals surface area contributed by atoms with Crippen molar-refractivity contribution in [3.8, 4) is 5.88 Å². The smallest absolute Gasteiger partial charge is 0.230 e. The Kier molecular flexibility index (Phi) is 2.66. The molecule has 0 atom stereocenters. The highest BCUT2D eigenvalue weighted by atomic mass is 32.1. The highest BCUT2D eigenvalue weighted by Crippen LogP contribution is 2.55. The van der Waals surface area contributed by atoms with Crippen molar-refractivity contribution in [1.29, 1.82) is 0 Å². The number of hydrogen-bond acceptors (Lipinski definition) is 5. The van der Waals surface area contributed by atoms with E-state index in [1.807, 2.05) is 19.0 Å². The minimum absolute atomic E-state index is 0.222. The van der Waals surface area contributed by atoms with E-state index in [2.05, 4.69) is 4.98 Å². The number of aromatic nitrogens is 1. The van der Waals surface area contributed by atoms with Crippen LogP contribution in [-0.4, -0.2) is 32.0 Å². The number of carbonyl (C=O) groups excluding carboxylic acids is 1. The Labute approximate surface area is 99.2 Å². The third-order valence-electron chi connectivity index (χ3n) is 3.02. The number of Topliss-reactive ketones (excluding diaryl/α,β-unsaturated/α-hetero) is 1. The van der Waals surface area contributed by atoms with Crippen LogP contribution in [0.15, 0.2) is 0 Å². The van der Waals surface area contributed by atoms with E-state index < -0.39 is 0 Å². The van der Waals surface area contributed by atoms with E-state index in [0.717, 1.165) is 22.9 Å². The lowest BCUT2D eigenvalue weighted by Gasteiger charge is -2.09. The summed E-state index contributed by atoms with van der Waals surface area (Å²) in [6.07, 6.45) is 1.85. The maximum atomic E-state index is 11.7. The van der Waals surface area contributed by atoms with Gasteiger partial charge in [-0.2, -0.15) is 4.98 Å². The quantitative estimate of drug-likeness (QED) is 0.805. The van der Waals surface area contributed by atoms with E-state index in [1.165, 1.54) is 0 Å². The molecule has 0 aromatic carbocycles. The van der Waals surface area contributed by atoms with Crippen LogP contribution in [0.25, 0.3) is 0 Å². The maximum Gasteiger partial charge on any atom is 0.230 e. The Morgan fingerprint density at radius 3 is 2.50 bits per heavy atom. The first-order valence-electron chi connectivity index (χ1n) is 5.25. The van der Waals surface area contributed by atoms with Gasteiger partial charge in [0.2, 0.25) is 5.88 Å². The fourth-order valence-corrected chi connectivity index (χ4v) is 3.04. The number of rotatable bonds is 4. The molecule has 1 aliphatic carbocycles. The van der Waals surface area contributed by atoms with Crippen LogP contribution in [0.2, 0.25) is 0 Å². The monoisotopic (exact) mass is 240 g/mol.